The molecule has 0 bridgehead atoms. The topological polar surface area (TPSA) is 70.5 Å². The van der Waals surface area contributed by atoms with Crippen molar-refractivity contribution in [3.63, 3.8) is 0 Å². The highest BCUT2D eigenvalue weighted by Crippen LogP contribution is 2.28. The van der Waals surface area contributed by atoms with Crippen molar-refractivity contribution in [2.45, 2.75) is 12.8 Å². The SMILES string of the molecule is Cl.Cl.O=C(O)C1CCN(C(=O)Cc2csc(-c3cccs3)n2)C1. The largest absolute Gasteiger partial charge is 0.481 e. The van der Waals surface area contributed by atoms with Crippen LogP contribution < -0.4 is 0 Å². The van der Waals surface area contributed by atoms with Crippen LogP contribution in [-0.4, -0.2) is 40.0 Å². The standard InChI is InChI=1S/C14H14N2O3S2.2ClH/c17-12(16-4-3-9(7-16)14(18)19)6-10-8-21-13(15-10)11-2-1-5-20-11;;/h1-2,5,8-9H,3-4,6-7H2,(H,18,19);2*1H. The van der Waals surface area contributed by atoms with Gasteiger partial charge in [-0.2, -0.15) is 0 Å². The number of carboxylic acid groups (broad SMARTS) is 1. The van der Waals surface area contributed by atoms with Crippen molar-refractivity contribution < 1.29 is 14.7 Å². The van der Waals surface area contributed by atoms with Crippen LogP contribution in [0.5, 0.6) is 0 Å². The molecule has 1 N–H and O–H groups in total. The molecule has 1 fully saturated rings. The Labute approximate surface area is 154 Å². The molecule has 0 saturated carbocycles. The van der Waals surface area contributed by atoms with Crippen molar-refractivity contribution >= 4 is 59.4 Å². The summed E-state index contributed by atoms with van der Waals surface area (Å²) in [6.07, 6.45) is 0.785. The Hall–Kier alpha value is -1.15. The Morgan fingerprint density at radius 1 is 1.35 bits per heavy atom. The summed E-state index contributed by atoms with van der Waals surface area (Å²) in [5.41, 5.74) is 0.757. The van der Waals surface area contributed by atoms with Gasteiger partial charge < -0.3 is 10.0 Å². The highest BCUT2D eigenvalue weighted by atomic mass is 35.5. The lowest BCUT2D eigenvalue weighted by Gasteiger charge is -2.14. The zero-order chi connectivity index (χ0) is 14.8. The molecule has 1 unspecified atom stereocenters. The van der Waals surface area contributed by atoms with Gasteiger partial charge in [0.2, 0.25) is 5.91 Å². The van der Waals surface area contributed by atoms with Crippen molar-refractivity contribution in [1.29, 1.82) is 0 Å². The number of rotatable bonds is 4. The van der Waals surface area contributed by atoms with Crippen LogP contribution in [0.25, 0.3) is 9.88 Å². The van der Waals surface area contributed by atoms with E-state index in [1.807, 2.05) is 22.9 Å². The number of likely N-dealkylation sites (tertiary alicyclic amines) is 1. The van der Waals surface area contributed by atoms with Gasteiger partial charge in [0.1, 0.15) is 5.01 Å². The predicted octanol–water partition coefficient (Wildman–Crippen LogP) is 3.19. The third-order valence-corrected chi connectivity index (χ3v) is 5.44. The molecule has 1 aliphatic heterocycles. The van der Waals surface area contributed by atoms with Gasteiger partial charge in [0, 0.05) is 18.5 Å². The fourth-order valence-corrected chi connectivity index (χ4v) is 3.99. The number of carbonyl (C=O) groups is 2. The molecule has 3 rings (SSSR count). The second-order valence-electron chi connectivity index (χ2n) is 4.96. The number of amides is 1. The molecule has 2 aromatic heterocycles. The summed E-state index contributed by atoms with van der Waals surface area (Å²) in [7, 11) is 0. The van der Waals surface area contributed by atoms with Crippen LogP contribution in [-0.2, 0) is 16.0 Å². The third-order valence-electron chi connectivity index (χ3n) is 3.51. The minimum atomic E-state index is -0.820. The maximum Gasteiger partial charge on any atom is 0.308 e. The Kier molecular flexibility index (Phi) is 7.47. The zero-order valence-corrected chi connectivity index (χ0v) is 15.3. The van der Waals surface area contributed by atoms with Gasteiger partial charge in [-0.05, 0) is 17.9 Å². The van der Waals surface area contributed by atoms with E-state index >= 15 is 0 Å². The Morgan fingerprint density at radius 2 is 2.13 bits per heavy atom. The quantitative estimate of drug-likeness (QED) is 0.863. The van der Waals surface area contributed by atoms with Crippen molar-refractivity contribution in [3.8, 4) is 9.88 Å². The third kappa shape index (κ3) is 4.67. The number of hydrogen-bond donors (Lipinski definition) is 1. The molecule has 0 spiro atoms. The molecule has 23 heavy (non-hydrogen) atoms. The van der Waals surface area contributed by atoms with Crippen LogP contribution in [0, 0.1) is 5.92 Å². The van der Waals surface area contributed by atoms with E-state index in [2.05, 4.69) is 4.98 Å². The summed E-state index contributed by atoms with van der Waals surface area (Å²) in [6, 6.07) is 3.98. The number of thiophene rings is 1. The van der Waals surface area contributed by atoms with Gasteiger partial charge in [-0.3, -0.25) is 9.59 Å². The van der Waals surface area contributed by atoms with Gasteiger partial charge in [-0.15, -0.1) is 47.5 Å². The minimum absolute atomic E-state index is 0. The number of nitrogens with zero attached hydrogens (tertiary/aromatic N) is 2. The van der Waals surface area contributed by atoms with Gasteiger partial charge in [0.25, 0.3) is 0 Å². The van der Waals surface area contributed by atoms with E-state index in [0.29, 0.717) is 19.5 Å². The van der Waals surface area contributed by atoms with E-state index < -0.39 is 11.9 Å². The van der Waals surface area contributed by atoms with E-state index in [1.54, 1.807) is 16.2 Å². The zero-order valence-electron chi connectivity index (χ0n) is 12.0. The molecular formula is C14H16Cl2N2O3S2. The number of halogens is 2. The van der Waals surface area contributed by atoms with Crippen LogP contribution in [0.3, 0.4) is 0 Å². The molecule has 9 heteroatoms. The van der Waals surface area contributed by atoms with Crippen LogP contribution >= 0.6 is 47.5 Å². The Morgan fingerprint density at radius 3 is 2.74 bits per heavy atom. The molecular weight excluding hydrogens is 379 g/mol. The maximum atomic E-state index is 12.2. The summed E-state index contributed by atoms with van der Waals surface area (Å²) < 4.78 is 0. The molecule has 0 aliphatic carbocycles. The lowest BCUT2D eigenvalue weighted by molar-refractivity contribution is -0.141. The molecule has 2 aromatic rings. The van der Waals surface area contributed by atoms with E-state index in [0.717, 1.165) is 15.6 Å². The van der Waals surface area contributed by atoms with Crippen LogP contribution in [0.1, 0.15) is 12.1 Å². The number of aromatic nitrogens is 1. The smallest absolute Gasteiger partial charge is 0.308 e. The predicted molar refractivity (Wildman–Crippen MR) is 95.9 cm³/mol. The minimum Gasteiger partial charge on any atom is -0.481 e. The average Bonchev–Trinajstić information content (AvgIpc) is 3.19. The number of hydrogen-bond acceptors (Lipinski definition) is 5. The average molecular weight is 395 g/mol. The van der Waals surface area contributed by atoms with Gasteiger partial charge >= 0.3 is 5.97 Å². The Balaban J connectivity index is 0.00000132. The molecule has 3 heterocycles. The molecule has 0 radical (unpaired) electrons. The summed E-state index contributed by atoms with van der Waals surface area (Å²) in [5.74, 6) is -1.29. The number of carbonyl (C=O) groups excluding carboxylic acids is 1. The molecule has 1 amide bonds. The lowest BCUT2D eigenvalue weighted by atomic mass is 10.1. The van der Waals surface area contributed by atoms with E-state index in [9.17, 15) is 9.59 Å². The second kappa shape index (κ2) is 8.63. The fraction of sp³-hybridized carbons (Fsp3) is 0.357. The first-order valence-electron chi connectivity index (χ1n) is 6.62. The van der Waals surface area contributed by atoms with Crippen LogP contribution in [0.4, 0.5) is 0 Å². The second-order valence-corrected chi connectivity index (χ2v) is 6.77. The van der Waals surface area contributed by atoms with E-state index in [1.165, 1.54) is 11.3 Å². The van der Waals surface area contributed by atoms with Crippen LogP contribution in [0.15, 0.2) is 22.9 Å². The molecule has 1 saturated heterocycles. The highest BCUT2D eigenvalue weighted by Gasteiger charge is 2.30. The summed E-state index contributed by atoms with van der Waals surface area (Å²) in [6.45, 7) is 0.841. The highest BCUT2D eigenvalue weighted by molar-refractivity contribution is 7.20. The van der Waals surface area contributed by atoms with Gasteiger partial charge in [0.05, 0.1) is 22.9 Å². The molecule has 0 aromatic carbocycles. The maximum absolute atomic E-state index is 12.2. The fourth-order valence-electron chi connectivity index (χ4n) is 2.36. The molecule has 1 atom stereocenters. The van der Waals surface area contributed by atoms with Crippen LogP contribution in [0.2, 0.25) is 0 Å². The first kappa shape index (κ1) is 19.9. The Bertz CT molecular complexity index is 661. The van der Waals surface area contributed by atoms with Crippen molar-refractivity contribution in [1.82, 2.24) is 9.88 Å². The molecule has 5 nitrogen and oxygen atoms in total. The number of aliphatic carboxylic acids is 1. The monoisotopic (exact) mass is 394 g/mol. The van der Waals surface area contributed by atoms with Gasteiger partial charge in [-0.1, -0.05) is 6.07 Å². The first-order chi connectivity index (χ1) is 10.1. The summed E-state index contributed by atoms with van der Waals surface area (Å²) in [5, 5.41) is 13.8. The van der Waals surface area contributed by atoms with Crippen molar-refractivity contribution in [2.24, 2.45) is 5.92 Å². The lowest BCUT2D eigenvalue weighted by Crippen LogP contribution is -2.31. The van der Waals surface area contributed by atoms with E-state index in [-0.39, 0.29) is 37.1 Å². The summed E-state index contributed by atoms with van der Waals surface area (Å²) >= 11 is 3.16. The van der Waals surface area contributed by atoms with Crippen molar-refractivity contribution in [3.05, 3.63) is 28.6 Å². The van der Waals surface area contributed by atoms with Crippen molar-refractivity contribution in [2.75, 3.05) is 13.1 Å². The molecule has 1 aliphatic rings. The number of thiazole rings is 1. The van der Waals surface area contributed by atoms with Gasteiger partial charge in [0.15, 0.2) is 0 Å². The normalized spacial score (nSPS) is 16.5. The summed E-state index contributed by atoms with van der Waals surface area (Å²) in [4.78, 5) is 30.3. The number of carboxylic acids is 1. The van der Waals surface area contributed by atoms with Gasteiger partial charge in [-0.25, -0.2) is 4.98 Å². The van der Waals surface area contributed by atoms with E-state index in [4.69, 9.17) is 5.11 Å². The first-order valence-corrected chi connectivity index (χ1v) is 8.38. The molecule has 126 valence electrons.